The van der Waals surface area contributed by atoms with Gasteiger partial charge in [-0.2, -0.15) is 0 Å². The van der Waals surface area contributed by atoms with Crippen LogP contribution in [-0.4, -0.2) is 17.9 Å². The van der Waals surface area contributed by atoms with Gasteiger partial charge in [-0.3, -0.25) is 9.59 Å². The van der Waals surface area contributed by atoms with Crippen molar-refractivity contribution in [3.05, 3.63) is 11.6 Å². The highest BCUT2D eigenvalue weighted by Gasteiger charge is 2.59. The summed E-state index contributed by atoms with van der Waals surface area (Å²) in [6.45, 7) is 6.15. The van der Waals surface area contributed by atoms with Crippen LogP contribution in [0, 0.1) is 28.6 Å². The molecule has 0 aliphatic heterocycles. The first-order valence-electron chi connectivity index (χ1n) is 9.26. The topological polar surface area (TPSA) is 43.4 Å². The predicted octanol–water partition coefficient (Wildman–Crippen LogP) is 4.06. The highest BCUT2D eigenvalue weighted by atomic mass is 16.5. The Morgan fingerprint density at radius 1 is 1.13 bits per heavy atom. The van der Waals surface area contributed by atoms with Crippen molar-refractivity contribution in [3.63, 3.8) is 0 Å². The summed E-state index contributed by atoms with van der Waals surface area (Å²) in [5, 5.41) is 0. The Morgan fingerprint density at radius 3 is 2.57 bits per heavy atom. The Kier molecular flexibility index (Phi) is 3.31. The molecule has 0 unspecified atom stereocenters. The molecule has 3 nitrogen and oxygen atoms in total. The van der Waals surface area contributed by atoms with Crippen LogP contribution in [0.5, 0.6) is 0 Å². The number of hydrogen-bond donors (Lipinski definition) is 0. The van der Waals surface area contributed by atoms with Gasteiger partial charge in [-0.1, -0.05) is 25.5 Å². The first-order chi connectivity index (χ1) is 10.8. The highest BCUT2D eigenvalue weighted by molar-refractivity contribution is 5.87. The highest BCUT2D eigenvalue weighted by Crippen LogP contribution is 2.65. The van der Waals surface area contributed by atoms with E-state index >= 15 is 0 Å². The summed E-state index contributed by atoms with van der Waals surface area (Å²) in [4.78, 5) is 23.7. The Hall–Kier alpha value is -1.12. The lowest BCUT2D eigenvalue weighted by Crippen LogP contribution is -2.44. The van der Waals surface area contributed by atoms with Gasteiger partial charge in [0, 0.05) is 25.2 Å². The first-order valence-corrected chi connectivity index (χ1v) is 9.26. The van der Waals surface area contributed by atoms with E-state index in [1.807, 2.05) is 0 Å². The predicted molar refractivity (Wildman–Crippen MR) is 87.6 cm³/mol. The zero-order valence-electron chi connectivity index (χ0n) is 14.6. The Labute approximate surface area is 138 Å². The second-order valence-electron chi connectivity index (χ2n) is 8.79. The summed E-state index contributed by atoms with van der Waals surface area (Å²) in [5.41, 5.74) is 1.71. The molecule has 3 saturated carbocycles. The fourth-order valence-electron chi connectivity index (χ4n) is 6.39. The molecule has 0 radical (unpaired) electrons. The Balaban J connectivity index is 1.62. The summed E-state index contributed by atoms with van der Waals surface area (Å²) in [6.07, 6.45) is 9.67. The molecule has 23 heavy (non-hydrogen) atoms. The number of Topliss-reactive ketones (excluding diaryl/α,β-unsaturated/α-hetero) is 1. The molecular formula is C20H28O3. The van der Waals surface area contributed by atoms with Gasteiger partial charge in [-0.15, -0.1) is 0 Å². The molecule has 0 spiro atoms. The molecule has 0 heterocycles. The van der Waals surface area contributed by atoms with E-state index in [1.165, 1.54) is 18.9 Å². The van der Waals surface area contributed by atoms with Gasteiger partial charge < -0.3 is 4.74 Å². The fraction of sp³-hybridized carbons (Fsp3) is 0.800. The van der Waals surface area contributed by atoms with Crippen molar-refractivity contribution in [2.24, 2.45) is 28.6 Å². The van der Waals surface area contributed by atoms with E-state index in [2.05, 4.69) is 19.9 Å². The van der Waals surface area contributed by atoms with Crippen molar-refractivity contribution in [2.45, 2.75) is 71.8 Å². The molecule has 0 aromatic heterocycles. The van der Waals surface area contributed by atoms with Crippen LogP contribution < -0.4 is 0 Å². The number of ether oxygens (including phenoxy) is 1. The first kappa shape index (κ1) is 15.4. The van der Waals surface area contributed by atoms with Gasteiger partial charge in [0.1, 0.15) is 11.9 Å². The van der Waals surface area contributed by atoms with E-state index in [-0.39, 0.29) is 22.9 Å². The average Bonchev–Trinajstić information content (AvgIpc) is 2.94. The van der Waals surface area contributed by atoms with Crippen molar-refractivity contribution in [3.8, 4) is 0 Å². The Morgan fingerprint density at radius 2 is 1.83 bits per heavy atom. The lowest BCUT2D eigenvalue weighted by atomic mass is 9.55. The molecule has 3 fully saturated rings. The normalized spacial score (nSPS) is 48.3. The van der Waals surface area contributed by atoms with Crippen molar-refractivity contribution >= 4 is 11.8 Å². The minimum atomic E-state index is -0.163. The molecular weight excluding hydrogens is 288 g/mol. The molecule has 3 heteroatoms. The van der Waals surface area contributed by atoms with E-state index < -0.39 is 0 Å². The van der Waals surface area contributed by atoms with Crippen LogP contribution in [0.1, 0.15) is 65.7 Å². The van der Waals surface area contributed by atoms with E-state index in [0.29, 0.717) is 23.5 Å². The number of carbonyl (C=O) groups is 2. The number of hydrogen-bond acceptors (Lipinski definition) is 3. The maximum Gasteiger partial charge on any atom is 0.302 e. The van der Waals surface area contributed by atoms with Crippen LogP contribution in [0.4, 0.5) is 0 Å². The van der Waals surface area contributed by atoms with Crippen LogP contribution >= 0.6 is 0 Å². The lowest BCUT2D eigenvalue weighted by molar-refractivity contribution is -0.148. The van der Waals surface area contributed by atoms with Crippen molar-refractivity contribution in [1.29, 1.82) is 0 Å². The summed E-state index contributed by atoms with van der Waals surface area (Å²) in [6, 6.07) is 0. The van der Waals surface area contributed by atoms with Gasteiger partial charge in [-0.25, -0.2) is 0 Å². The lowest BCUT2D eigenvalue weighted by Gasteiger charge is -2.49. The maximum atomic E-state index is 12.4. The largest absolute Gasteiger partial charge is 0.462 e. The van der Waals surface area contributed by atoms with Crippen molar-refractivity contribution in [2.75, 3.05) is 0 Å². The van der Waals surface area contributed by atoms with E-state index in [0.717, 1.165) is 38.5 Å². The van der Waals surface area contributed by atoms with Crippen LogP contribution in [0.15, 0.2) is 11.6 Å². The fourth-order valence-corrected chi connectivity index (χ4v) is 6.39. The number of allylic oxidation sites excluding steroid dienone is 1. The van der Waals surface area contributed by atoms with E-state index in [9.17, 15) is 9.59 Å². The van der Waals surface area contributed by atoms with Crippen LogP contribution in [0.25, 0.3) is 0 Å². The van der Waals surface area contributed by atoms with Gasteiger partial charge in [0.15, 0.2) is 0 Å². The molecule has 0 saturated heterocycles. The number of esters is 1. The van der Waals surface area contributed by atoms with Gasteiger partial charge in [0.25, 0.3) is 0 Å². The van der Waals surface area contributed by atoms with Gasteiger partial charge in [0.05, 0.1) is 0 Å². The zero-order chi connectivity index (χ0) is 16.4. The average molecular weight is 316 g/mol. The van der Waals surface area contributed by atoms with Gasteiger partial charge in [0.2, 0.25) is 0 Å². The maximum absolute atomic E-state index is 12.4. The number of carbonyl (C=O) groups excluding carboxylic acids is 2. The minimum Gasteiger partial charge on any atom is -0.462 e. The molecule has 0 amide bonds. The Bertz CT molecular complexity index is 592. The van der Waals surface area contributed by atoms with Crippen molar-refractivity contribution < 1.29 is 14.3 Å². The molecule has 0 bridgehead atoms. The minimum absolute atomic E-state index is 0.0589. The SMILES string of the molecule is CC(=O)O[C@@H]1CC[C@]2(C)C(=C[C@H]3[C@H]2CC[C@]2(C)C(=O)CC[C@@H]32)C1. The van der Waals surface area contributed by atoms with E-state index in [4.69, 9.17) is 4.74 Å². The summed E-state index contributed by atoms with van der Waals surface area (Å²) in [7, 11) is 0. The summed E-state index contributed by atoms with van der Waals surface area (Å²) >= 11 is 0. The molecule has 0 N–H and O–H groups in total. The van der Waals surface area contributed by atoms with Crippen molar-refractivity contribution in [1.82, 2.24) is 0 Å². The third-order valence-electron chi connectivity index (χ3n) is 7.75. The third kappa shape index (κ3) is 2.08. The van der Waals surface area contributed by atoms with Crippen LogP contribution in [0.3, 0.4) is 0 Å². The number of rotatable bonds is 1. The second kappa shape index (κ2) is 4.94. The third-order valence-corrected chi connectivity index (χ3v) is 7.75. The smallest absolute Gasteiger partial charge is 0.302 e. The summed E-state index contributed by atoms with van der Waals surface area (Å²) < 4.78 is 5.49. The quantitative estimate of drug-likeness (QED) is 0.541. The number of fused-ring (bicyclic) bond motifs is 5. The van der Waals surface area contributed by atoms with Gasteiger partial charge in [-0.05, 0) is 55.3 Å². The molecule has 6 atom stereocenters. The zero-order valence-corrected chi connectivity index (χ0v) is 14.6. The second-order valence-corrected chi connectivity index (χ2v) is 8.79. The molecule has 0 aromatic rings. The monoisotopic (exact) mass is 316 g/mol. The molecule has 4 aliphatic rings. The number of ketones is 1. The molecule has 126 valence electrons. The summed E-state index contributed by atoms with van der Waals surface area (Å²) in [5.74, 6) is 2.13. The molecule has 4 aliphatic carbocycles. The molecule has 4 rings (SSSR count). The van der Waals surface area contributed by atoms with Crippen LogP contribution in [0.2, 0.25) is 0 Å². The van der Waals surface area contributed by atoms with E-state index in [1.54, 1.807) is 0 Å². The van der Waals surface area contributed by atoms with Gasteiger partial charge >= 0.3 is 5.97 Å². The molecule has 0 aromatic carbocycles. The van der Waals surface area contributed by atoms with Crippen LogP contribution in [-0.2, 0) is 14.3 Å². The standard InChI is InChI=1S/C20H28O3/c1-12(21)23-14-6-8-19(2)13(10-14)11-15-16-4-5-18(22)20(16,3)9-7-17(15)19/h11,14-17H,4-10H2,1-3H3/t14-,15-,16+,17-,19-,20+/m1/s1.